The van der Waals surface area contributed by atoms with Gasteiger partial charge in [0.1, 0.15) is 5.75 Å². The van der Waals surface area contributed by atoms with Crippen molar-refractivity contribution in [1.29, 1.82) is 0 Å². The van der Waals surface area contributed by atoms with Crippen LogP contribution in [-0.2, 0) is 0 Å². The van der Waals surface area contributed by atoms with E-state index in [9.17, 15) is 4.79 Å². The van der Waals surface area contributed by atoms with Crippen molar-refractivity contribution in [3.8, 4) is 5.75 Å². The van der Waals surface area contributed by atoms with Crippen LogP contribution in [-0.4, -0.2) is 50.3 Å². The molecule has 0 atom stereocenters. The smallest absolute Gasteiger partial charge is 0.317 e. The van der Waals surface area contributed by atoms with Crippen LogP contribution in [0.1, 0.15) is 27.7 Å². The van der Waals surface area contributed by atoms with Gasteiger partial charge in [0.05, 0.1) is 12.3 Å². The molecule has 1 fully saturated rings. The zero-order valence-electron chi connectivity index (χ0n) is 14.8. The van der Waals surface area contributed by atoms with Crippen molar-refractivity contribution in [2.24, 2.45) is 5.41 Å². The van der Waals surface area contributed by atoms with Crippen LogP contribution >= 0.6 is 0 Å². The fourth-order valence-electron chi connectivity index (χ4n) is 2.60. The number of hydrogen-bond donors (Lipinski definition) is 1. The average Bonchev–Trinajstić information content (AvgIpc) is 2.53. The van der Waals surface area contributed by atoms with Crippen molar-refractivity contribution in [2.45, 2.75) is 27.7 Å². The number of piperazine rings is 1. The van der Waals surface area contributed by atoms with Gasteiger partial charge in [0.2, 0.25) is 0 Å². The van der Waals surface area contributed by atoms with Crippen molar-refractivity contribution in [1.82, 2.24) is 10.2 Å². The zero-order valence-corrected chi connectivity index (χ0v) is 14.8. The number of anilines is 1. The van der Waals surface area contributed by atoms with Crippen LogP contribution in [0.4, 0.5) is 10.5 Å². The summed E-state index contributed by atoms with van der Waals surface area (Å²) in [6, 6.07) is 8.14. The Balaban J connectivity index is 1.90. The van der Waals surface area contributed by atoms with Crippen LogP contribution in [0.2, 0.25) is 0 Å². The second-order valence-corrected chi connectivity index (χ2v) is 7.09. The van der Waals surface area contributed by atoms with Crippen LogP contribution in [0, 0.1) is 5.41 Å². The molecule has 1 N–H and O–H groups in total. The Morgan fingerprint density at radius 1 is 1.17 bits per heavy atom. The lowest BCUT2D eigenvalue weighted by Gasteiger charge is -2.37. The van der Waals surface area contributed by atoms with Crippen LogP contribution in [0.15, 0.2) is 24.3 Å². The Morgan fingerprint density at radius 3 is 2.43 bits per heavy atom. The largest absolute Gasteiger partial charge is 0.492 e. The Bertz CT molecular complexity index is 517. The number of carbonyl (C=O) groups excluding carboxylic acids is 1. The predicted molar refractivity (Wildman–Crippen MR) is 94.3 cm³/mol. The van der Waals surface area contributed by atoms with Gasteiger partial charge >= 0.3 is 6.03 Å². The lowest BCUT2D eigenvalue weighted by atomic mass is 9.97. The summed E-state index contributed by atoms with van der Waals surface area (Å²) in [6.07, 6.45) is 0. The molecule has 2 rings (SSSR count). The summed E-state index contributed by atoms with van der Waals surface area (Å²) in [6.45, 7) is 12.8. The van der Waals surface area contributed by atoms with E-state index in [1.165, 1.54) is 0 Å². The van der Waals surface area contributed by atoms with E-state index in [-0.39, 0.29) is 11.4 Å². The van der Waals surface area contributed by atoms with Gasteiger partial charge in [-0.25, -0.2) is 4.79 Å². The quantitative estimate of drug-likeness (QED) is 0.928. The van der Waals surface area contributed by atoms with Gasteiger partial charge in [-0.3, -0.25) is 0 Å². The third-order valence-corrected chi connectivity index (χ3v) is 3.84. The van der Waals surface area contributed by atoms with Crippen LogP contribution < -0.4 is 15.0 Å². The van der Waals surface area contributed by atoms with Crippen LogP contribution in [0.3, 0.4) is 0 Å². The maximum absolute atomic E-state index is 12.2. The molecular weight excluding hydrogens is 290 g/mol. The number of benzene rings is 1. The molecule has 5 heteroatoms. The summed E-state index contributed by atoms with van der Waals surface area (Å²) < 4.78 is 5.71. The number of ether oxygens (including phenoxy) is 1. The normalized spacial score (nSPS) is 15.5. The number of nitrogens with one attached hydrogen (secondary N) is 1. The number of carbonyl (C=O) groups is 1. The summed E-state index contributed by atoms with van der Waals surface area (Å²) in [5, 5.41) is 3.02. The van der Waals surface area contributed by atoms with Crippen molar-refractivity contribution in [3.63, 3.8) is 0 Å². The topological polar surface area (TPSA) is 44.8 Å². The Hall–Kier alpha value is -1.91. The summed E-state index contributed by atoms with van der Waals surface area (Å²) in [7, 11) is 0. The zero-order chi connectivity index (χ0) is 16.9. The number of urea groups is 1. The number of hydrogen-bond acceptors (Lipinski definition) is 3. The first kappa shape index (κ1) is 17.4. The van der Waals surface area contributed by atoms with Gasteiger partial charge in [-0.1, -0.05) is 32.9 Å². The molecule has 23 heavy (non-hydrogen) atoms. The molecule has 0 aromatic heterocycles. The third-order valence-electron chi connectivity index (χ3n) is 3.84. The minimum atomic E-state index is 0.0395. The van der Waals surface area contributed by atoms with E-state index in [2.05, 4.69) is 37.1 Å². The SMILES string of the molecule is CCOc1ccccc1N1CCN(C(=O)NCC(C)(C)C)CC1. The summed E-state index contributed by atoms with van der Waals surface area (Å²) in [5.74, 6) is 0.917. The average molecular weight is 319 g/mol. The van der Waals surface area contributed by atoms with Crippen molar-refractivity contribution in [3.05, 3.63) is 24.3 Å². The minimum Gasteiger partial charge on any atom is -0.492 e. The molecule has 2 amide bonds. The van der Waals surface area contributed by atoms with Gasteiger partial charge in [0.25, 0.3) is 0 Å². The molecule has 5 nitrogen and oxygen atoms in total. The third kappa shape index (κ3) is 5.05. The predicted octanol–water partition coefficient (Wildman–Crippen LogP) is 2.96. The Morgan fingerprint density at radius 2 is 1.83 bits per heavy atom. The Labute approximate surface area is 139 Å². The van der Waals surface area contributed by atoms with Gasteiger partial charge < -0.3 is 19.9 Å². The molecular formula is C18H29N3O2. The summed E-state index contributed by atoms with van der Waals surface area (Å²) >= 11 is 0. The molecule has 1 heterocycles. The number of amides is 2. The maximum Gasteiger partial charge on any atom is 0.317 e. The van der Waals surface area contributed by atoms with Gasteiger partial charge in [-0.05, 0) is 24.5 Å². The van der Waals surface area contributed by atoms with Crippen molar-refractivity contribution < 1.29 is 9.53 Å². The van der Waals surface area contributed by atoms with Crippen molar-refractivity contribution in [2.75, 3.05) is 44.2 Å². The molecule has 0 spiro atoms. The van der Waals surface area contributed by atoms with Crippen LogP contribution in [0.25, 0.3) is 0 Å². The fourth-order valence-corrected chi connectivity index (χ4v) is 2.60. The molecule has 0 bridgehead atoms. The number of para-hydroxylation sites is 2. The van der Waals surface area contributed by atoms with Gasteiger partial charge in [0, 0.05) is 32.7 Å². The highest BCUT2D eigenvalue weighted by Gasteiger charge is 2.23. The molecule has 1 saturated heterocycles. The van der Waals surface area contributed by atoms with E-state index in [1.807, 2.05) is 30.0 Å². The van der Waals surface area contributed by atoms with E-state index in [0.29, 0.717) is 13.2 Å². The van der Waals surface area contributed by atoms with E-state index in [1.54, 1.807) is 0 Å². The fraction of sp³-hybridized carbons (Fsp3) is 0.611. The molecule has 1 aliphatic heterocycles. The first-order chi connectivity index (χ1) is 10.9. The monoisotopic (exact) mass is 319 g/mol. The molecule has 1 aliphatic rings. The number of rotatable bonds is 4. The van der Waals surface area contributed by atoms with Gasteiger partial charge in [-0.15, -0.1) is 0 Å². The molecule has 128 valence electrons. The first-order valence-corrected chi connectivity index (χ1v) is 8.40. The highest BCUT2D eigenvalue weighted by molar-refractivity contribution is 5.74. The molecule has 0 unspecified atom stereocenters. The molecule has 1 aromatic rings. The van der Waals surface area contributed by atoms with Crippen molar-refractivity contribution >= 4 is 11.7 Å². The lowest BCUT2D eigenvalue weighted by Crippen LogP contribution is -2.52. The minimum absolute atomic E-state index is 0.0395. The highest BCUT2D eigenvalue weighted by atomic mass is 16.5. The van der Waals surface area contributed by atoms with E-state index < -0.39 is 0 Å². The summed E-state index contributed by atoms with van der Waals surface area (Å²) in [5.41, 5.74) is 1.22. The van der Waals surface area contributed by atoms with E-state index >= 15 is 0 Å². The van der Waals surface area contributed by atoms with Crippen LogP contribution in [0.5, 0.6) is 5.75 Å². The maximum atomic E-state index is 12.2. The summed E-state index contributed by atoms with van der Waals surface area (Å²) in [4.78, 5) is 16.4. The van der Waals surface area contributed by atoms with Gasteiger partial charge in [0.15, 0.2) is 0 Å². The number of nitrogens with zero attached hydrogens (tertiary/aromatic N) is 2. The van der Waals surface area contributed by atoms with E-state index in [0.717, 1.165) is 37.6 Å². The highest BCUT2D eigenvalue weighted by Crippen LogP contribution is 2.28. The molecule has 0 radical (unpaired) electrons. The first-order valence-electron chi connectivity index (χ1n) is 8.40. The second kappa shape index (κ2) is 7.57. The molecule has 0 saturated carbocycles. The van der Waals surface area contributed by atoms with Gasteiger partial charge in [-0.2, -0.15) is 0 Å². The standard InChI is InChI=1S/C18H29N3O2/c1-5-23-16-9-7-6-8-15(16)20-10-12-21(13-11-20)17(22)19-14-18(2,3)4/h6-9H,5,10-14H2,1-4H3,(H,19,22). The molecule has 0 aliphatic carbocycles. The second-order valence-electron chi connectivity index (χ2n) is 7.09. The lowest BCUT2D eigenvalue weighted by molar-refractivity contribution is 0.189. The Kier molecular flexibility index (Phi) is 5.74. The van der Waals surface area contributed by atoms with E-state index in [4.69, 9.17) is 4.74 Å². The molecule has 1 aromatic carbocycles.